The number of nitrogens with one attached hydrogen (secondary N) is 1. The zero-order chi connectivity index (χ0) is 10.7. The molecule has 0 bridgehead atoms. The van der Waals surface area contributed by atoms with E-state index in [1.807, 2.05) is 24.4 Å². The Hall–Kier alpha value is -1.97. The van der Waals surface area contributed by atoms with E-state index >= 15 is 0 Å². The van der Waals surface area contributed by atoms with E-state index in [1.54, 1.807) is 20.4 Å². The van der Waals surface area contributed by atoms with Crippen LogP contribution in [0.2, 0.25) is 0 Å². The van der Waals surface area contributed by atoms with Crippen LogP contribution in [0.4, 0.5) is 0 Å². The minimum absolute atomic E-state index is 0.798. The quantitative estimate of drug-likeness (QED) is 0.832. The van der Waals surface area contributed by atoms with Gasteiger partial charge in [0.25, 0.3) is 0 Å². The maximum atomic E-state index is 5.27. The van der Waals surface area contributed by atoms with E-state index in [0.29, 0.717) is 0 Å². The highest BCUT2D eigenvalue weighted by molar-refractivity contribution is 5.70. The van der Waals surface area contributed by atoms with Crippen molar-refractivity contribution in [3.05, 3.63) is 30.6 Å². The third-order valence-corrected chi connectivity index (χ3v) is 2.22. The largest absolute Gasteiger partial charge is 0.497 e. The second kappa shape index (κ2) is 4.04. The van der Waals surface area contributed by atoms with Crippen molar-refractivity contribution < 1.29 is 9.47 Å². The van der Waals surface area contributed by atoms with Crippen molar-refractivity contribution in [3.63, 3.8) is 0 Å². The van der Waals surface area contributed by atoms with E-state index in [9.17, 15) is 0 Å². The summed E-state index contributed by atoms with van der Waals surface area (Å²) in [4.78, 5) is 0. The average molecular weight is 204 g/mol. The maximum Gasteiger partial charge on any atom is 0.127 e. The second-order valence-electron chi connectivity index (χ2n) is 3.05. The van der Waals surface area contributed by atoms with Gasteiger partial charge in [0.15, 0.2) is 0 Å². The highest BCUT2D eigenvalue weighted by Crippen LogP contribution is 2.32. The van der Waals surface area contributed by atoms with Crippen molar-refractivity contribution in [3.8, 4) is 22.6 Å². The molecule has 15 heavy (non-hydrogen) atoms. The zero-order valence-electron chi connectivity index (χ0n) is 8.65. The molecule has 0 spiro atoms. The number of hydrogen-bond donors (Lipinski definition) is 1. The molecule has 0 amide bonds. The number of ether oxygens (including phenoxy) is 2. The molecule has 0 fully saturated rings. The van der Waals surface area contributed by atoms with Gasteiger partial charge in [-0.25, -0.2) is 0 Å². The molecule has 4 heteroatoms. The van der Waals surface area contributed by atoms with Crippen molar-refractivity contribution in [2.45, 2.75) is 0 Å². The van der Waals surface area contributed by atoms with Gasteiger partial charge in [0.2, 0.25) is 0 Å². The summed E-state index contributed by atoms with van der Waals surface area (Å²) >= 11 is 0. The Balaban J connectivity index is 2.52. The SMILES string of the molecule is COc1ccc(OC)c(-c2cn[nH]c2)c1. The molecule has 0 saturated carbocycles. The monoisotopic (exact) mass is 204 g/mol. The molecule has 0 aliphatic heterocycles. The summed E-state index contributed by atoms with van der Waals surface area (Å²) in [5.41, 5.74) is 1.94. The fourth-order valence-electron chi connectivity index (χ4n) is 1.44. The van der Waals surface area contributed by atoms with Crippen LogP contribution in [-0.4, -0.2) is 24.4 Å². The van der Waals surface area contributed by atoms with Crippen LogP contribution in [0.3, 0.4) is 0 Å². The molecule has 4 nitrogen and oxygen atoms in total. The van der Waals surface area contributed by atoms with Crippen LogP contribution in [0, 0.1) is 0 Å². The number of rotatable bonds is 3. The van der Waals surface area contributed by atoms with Gasteiger partial charge >= 0.3 is 0 Å². The predicted molar refractivity (Wildman–Crippen MR) is 57.1 cm³/mol. The standard InChI is InChI=1S/C11H12N2O2/c1-14-9-3-4-11(15-2)10(5-9)8-6-12-13-7-8/h3-7H,1-2H3,(H,12,13). The van der Waals surface area contributed by atoms with Gasteiger partial charge < -0.3 is 9.47 Å². The Morgan fingerprint density at radius 3 is 2.67 bits per heavy atom. The number of hydrogen-bond acceptors (Lipinski definition) is 3. The molecule has 0 radical (unpaired) electrons. The van der Waals surface area contributed by atoms with Gasteiger partial charge in [0.1, 0.15) is 11.5 Å². The smallest absolute Gasteiger partial charge is 0.127 e. The van der Waals surface area contributed by atoms with Crippen LogP contribution in [0.1, 0.15) is 0 Å². The number of H-pyrrole nitrogens is 1. The van der Waals surface area contributed by atoms with Crippen LogP contribution in [0.5, 0.6) is 11.5 Å². The van der Waals surface area contributed by atoms with Gasteiger partial charge in [-0.15, -0.1) is 0 Å². The van der Waals surface area contributed by atoms with Gasteiger partial charge in [-0.1, -0.05) is 0 Å². The molecule has 2 rings (SSSR count). The third kappa shape index (κ3) is 1.79. The molecule has 0 saturated heterocycles. The number of methoxy groups -OCH3 is 2. The van der Waals surface area contributed by atoms with Crippen LogP contribution >= 0.6 is 0 Å². The van der Waals surface area contributed by atoms with Gasteiger partial charge in [0.05, 0.1) is 20.4 Å². The lowest BCUT2D eigenvalue weighted by Crippen LogP contribution is -1.89. The first-order valence-electron chi connectivity index (χ1n) is 4.56. The highest BCUT2D eigenvalue weighted by Gasteiger charge is 2.07. The van der Waals surface area contributed by atoms with Gasteiger partial charge in [0, 0.05) is 17.3 Å². The summed E-state index contributed by atoms with van der Waals surface area (Å²) in [5.74, 6) is 1.60. The Labute approximate surface area is 87.8 Å². The van der Waals surface area contributed by atoms with Gasteiger partial charge in [-0.05, 0) is 18.2 Å². The normalized spacial score (nSPS) is 10.0. The molecule has 1 heterocycles. The first-order chi connectivity index (χ1) is 7.35. The molecule has 0 aliphatic rings. The van der Waals surface area contributed by atoms with E-state index < -0.39 is 0 Å². The van der Waals surface area contributed by atoms with E-state index in [1.165, 1.54) is 0 Å². The summed E-state index contributed by atoms with van der Waals surface area (Å²) < 4.78 is 10.4. The zero-order valence-corrected chi connectivity index (χ0v) is 8.65. The second-order valence-corrected chi connectivity index (χ2v) is 3.05. The van der Waals surface area contributed by atoms with Crippen molar-refractivity contribution in [1.82, 2.24) is 10.2 Å². The number of nitrogens with zero attached hydrogens (tertiary/aromatic N) is 1. The number of benzene rings is 1. The summed E-state index contributed by atoms with van der Waals surface area (Å²) in [6, 6.07) is 5.66. The van der Waals surface area contributed by atoms with E-state index in [0.717, 1.165) is 22.6 Å². The summed E-state index contributed by atoms with van der Waals surface area (Å²) in [5, 5.41) is 6.68. The maximum absolute atomic E-state index is 5.27. The van der Waals surface area contributed by atoms with Crippen molar-refractivity contribution in [2.75, 3.05) is 14.2 Å². The minimum atomic E-state index is 0.798. The fourth-order valence-corrected chi connectivity index (χ4v) is 1.44. The molecule has 0 unspecified atom stereocenters. The summed E-state index contributed by atoms with van der Waals surface area (Å²) in [6.45, 7) is 0. The van der Waals surface area contributed by atoms with Crippen molar-refractivity contribution >= 4 is 0 Å². The van der Waals surface area contributed by atoms with Gasteiger partial charge in [-0.2, -0.15) is 5.10 Å². The third-order valence-electron chi connectivity index (χ3n) is 2.22. The van der Waals surface area contributed by atoms with Gasteiger partial charge in [-0.3, -0.25) is 5.10 Å². The van der Waals surface area contributed by atoms with Crippen molar-refractivity contribution in [2.24, 2.45) is 0 Å². The lowest BCUT2D eigenvalue weighted by atomic mass is 10.1. The molecule has 1 aromatic heterocycles. The topological polar surface area (TPSA) is 47.1 Å². The molecule has 78 valence electrons. The molecule has 1 aromatic carbocycles. The summed E-state index contributed by atoms with van der Waals surface area (Å²) in [7, 11) is 3.28. The lowest BCUT2D eigenvalue weighted by Gasteiger charge is -2.08. The fraction of sp³-hybridized carbons (Fsp3) is 0.182. The molecule has 2 aromatic rings. The Morgan fingerprint density at radius 1 is 1.20 bits per heavy atom. The predicted octanol–water partition coefficient (Wildman–Crippen LogP) is 2.09. The van der Waals surface area contributed by atoms with E-state index in [4.69, 9.17) is 9.47 Å². The van der Waals surface area contributed by atoms with Crippen LogP contribution < -0.4 is 9.47 Å². The minimum Gasteiger partial charge on any atom is -0.497 e. The molecule has 0 aliphatic carbocycles. The number of aromatic nitrogens is 2. The van der Waals surface area contributed by atoms with Crippen LogP contribution in [0.15, 0.2) is 30.6 Å². The molecule has 0 atom stereocenters. The first kappa shape index (κ1) is 9.58. The molecular weight excluding hydrogens is 192 g/mol. The Kier molecular flexibility index (Phi) is 2.58. The molecular formula is C11H12N2O2. The highest BCUT2D eigenvalue weighted by atomic mass is 16.5. The lowest BCUT2D eigenvalue weighted by molar-refractivity contribution is 0.404. The van der Waals surface area contributed by atoms with Crippen LogP contribution in [0.25, 0.3) is 11.1 Å². The molecule has 1 N–H and O–H groups in total. The number of aromatic amines is 1. The first-order valence-corrected chi connectivity index (χ1v) is 4.56. The summed E-state index contributed by atoms with van der Waals surface area (Å²) in [6.07, 6.45) is 3.56. The Morgan fingerprint density at radius 2 is 2.07 bits per heavy atom. The Bertz CT molecular complexity index is 438. The van der Waals surface area contributed by atoms with E-state index in [-0.39, 0.29) is 0 Å². The van der Waals surface area contributed by atoms with Crippen LogP contribution in [-0.2, 0) is 0 Å². The van der Waals surface area contributed by atoms with Crippen molar-refractivity contribution in [1.29, 1.82) is 0 Å². The average Bonchev–Trinajstić information content (AvgIpc) is 2.81. The van der Waals surface area contributed by atoms with E-state index in [2.05, 4.69) is 10.2 Å².